The number of anilines is 1. The van der Waals surface area contributed by atoms with Crippen LogP contribution in [0.25, 0.3) is 0 Å². The van der Waals surface area contributed by atoms with E-state index in [-0.39, 0.29) is 6.61 Å². The fraction of sp³-hybridized carbons (Fsp3) is 0.211. The van der Waals surface area contributed by atoms with Crippen molar-refractivity contribution in [3.8, 4) is 5.40 Å². The first-order valence-corrected chi connectivity index (χ1v) is 9.77. The molecule has 0 spiro atoms. The number of amides is 1. The summed E-state index contributed by atoms with van der Waals surface area (Å²) in [6, 6.07) is 10.8. The lowest BCUT2D eigenvalue weighted by atomic mass is 10.1. The third kappa shape index (κ3) is 5.04. The van der Waals surface area contributed by atoms with Crippen LogP contribution in [0.5, 0.6) is 0 Å². The zero-order valence-electron chi connectivity index (χ0n) is 14.7. The molecule has 26 heavy (non-hydrogen) atoms. The highest BCUT2D eigenvalue weighted by atomic mass is 32.2. The van der Waals surface area contributed by atoms with Gasteiger partial charge in [-0.05, 0) is 67.3 Å². The van der Waals surface area contributed by atoms with Gasteiger partial charge in [-0.15, -0.1) is 11.8 Å². The van der Waals surface area contributed by atoms with E-state index in [4.69, 9.17) is 10.00 Å². The molecule has 1 N–H and O–H groups in total. The largest absolute Gasteiger partial charge is 0.452 e. The molecule has 2 rings (SSSR count). The molecule has 0 unspecified atom stereocenters. The molecule has 0 heterocycles. The van der Waals surface area contributed by atoms with Gasteiger partial charge in [-0.25, -0.2) is 4.79 Å². The molecule has 2 aromatic rings. The van der Waals surface area contributed by atoms with Crippen molar-refractivity contribution in [1.82, 2.24) is 0 Å². The van der Waals surface area contributed by atoms with E-state index in [1.807, 2.05) is 49.8 Å². The quantitative estimate of drug-likeness (QED) is 0.450. The number of hydrogen-bond acceptors (Lipinski definition) is 6. The van der Waals surface area contributed by atoms with Crippen LogP contribution in [0.4, 0.5) is 5.69 Å². The van der Waals surface area contributed by atoms with Gasteiger partial charge < -0.3 is 10.1 Å². The second-order valence-electron chi connectivity index (χ2n) is 5.45. The number of benzene rings is 2. The molecule has 0 bridgehead atoms. The summed E-state index contributed by atoms with van der Waals surface area (Å²) >= 11 is 2.51. The Morgan fingerprint density at radius 1 is 1.19 bits per heavy atom. The van der Waals surface area contributed by atoms with Crippen LogP contribution >= 0.6 is 23.5 Å². The van der Waals surface area contributed by atoms with Crippen LogP contribution in [-0.4, -0.2) is 24.7 Å². The van der Waals surface area contributed by atoms with Crippen molar-refractivity contribution in [2.24, 2.45) is 0 Å². The summed E-state index contributed by atoms with van der Waals surface area (Å²) in [6.07, 6.45) is 1.87. The maximum absolute atomic E-state index is 12.2. The number of rotatable bonds is 6. The molecule has 0 aliphatic carbocycles. The first-order valence-electron chi connectivity index (χ1n) is 7.73. The number of thiocyanates is 1. The summed E-state index contributed by atoms with van der Waals surface area (Å²) in [4.78, 5) is 26.0. The summed E-state index contributed by atoms with van der Waals surface area (Å²) < 4.78 is 5.14. The minimum Gasteiger partial charge on any atom is -0.452 e. The maximum atomic E-state index is 12.2. The summed E-state index contributed by atoms with van der Waals surface area (Å²) in [5.41, 5.74) is 2.79. The highest BCUT2D eigenvalue weighted by Crippen LogP contribution is 2.27. The zero-order chi connectivity index (χ0) is 19.1. The number of esters is 1. The monoisotopic (exact) mass is 386 g/mol. The van der Waals surface area contributed by atoms with Gasteiger partial charge in [-0.2, -0.15) is 5.26 Å². The van der Waals surface area contributed by atoms with Crippen LogP contribution in [0.1, 0.15) is 21.5 Å². The van der Waals surface area contributed by atoms with Gasteiger partial charge in [0.05, 0.1) is 5.56 Å². The normalized spacial score (nSPS) is 10.1. The summed E-state index contributed by atoms with van der Waals surface area (Å²) in [6.45, 7) is 3.34. The topological polar surface area (TPSA) is 79.2 Å². The highest BCUT2D eigenvalue weighted by molar-refractivity contribution is 8.03. The van der Waals surface area contributed by atoms with Crippen molar-refractivity contribution < 1.29 is 14.3 Å². The lowest BCUT2D eigenvalue weighted by Crippen LogP contribution is -2.22. The highest BCUT2D eigenvalue weighted by Gasteiger charge is 2.15. The van der Waals surface area contributed by atoms with Crippen molar-refractivity contribution in [2.75, 3.05) is 18.2 Å². The van der Waals surface area contributed by atoms with E-state index in [2.05, 4.69) is 5.32 Å². The second-order valence-corrected chi connectivity index (χ2v) is 7.16. The third-order valence-corrected chi connectivity index (χ3v) is 4.95. The molecule has 0 saturated carbocycles. The minimum atomic E-state index is -0.528. The number of thioether (sulfide) groups is 2. The Bertz CT molecular complexity index is 852. The van der Waals surface area contributed by atoms with Gasteiger partial charge in [0.2, 0.25) is 0 Å². The van der Waals surface area contributed by atoms with Gasteiger partial charge in [0, 0.05) is 15.5 Å². The van der Waals surface area contributed by atoms with E-state index in [0.717, 1.165) is 32.7 Å². The molecule has 5 nitrogen and oxygen atoms in total. The minimum absolute atomic E-state index is 0.366. The Morgan fingerprint density at radius 3 is 2.46 bits per heavy atom. The molecule has 0 saturated heterocycles. The number of nitrogens with one attached hydrogen (secondary N) is 1. The van der Waals surface area contributed by atoms with Gasteiger partial charge in [0.15, 0.2) is 6.61 Å². The van der Waals surface area contributed by atoms with Crippen molar-refractivity contribution in [3.63, 3.8) is 0 Å². The van der Waals surface area contributed by atoms with Crippen molar-refractivity contribution >= 4 is 41.1 Å². The molecule has 0 aliphatic heterocycles. The number of nitriles is 1. The smallest absolute Gasteiger partial charge is 0.339 e. The molecular formula is C19H18N2O3S2. The average molecular weight is 386 g/mol. The lowest BCUT2D eigenvalue weighted by molar-refractivity contribution is -0.119. The van der Waals surface area contributed by atoms with Gasteiger partial charge >= 0.3 is 5.97 Å². The summed E-state index contributed by atoms with van der Waals surface area (Å²) in [5, 5.41) is 13.6. The van der Waals surface area contributed by atoms with Crippen LogP contribution in [0.15, 0.2) is 46.2 Å². The molecule has 0 aliphatic rings. The first-order chi connectivity index (χ1) is 12.5. The zero-order valence-corrected chi connectivity index (χ0v) is 16.3. The summed E-state index contributed by atoms with van der Waals surface area (Å²) in [7, 11) is 0. The SMILES string of the molecule is CSc1ccccc1C(=O)OCC(=O)Nc1c(C)cc(SC#N)cc1C. The van der Waals surface area contributed by atoms with Crippen molar-refractivity contribution in [2.45, 2.75) is 23.6 Å². The fourth-order valence-corrected chi connectivity index (χ4v) is 3.59. The Balaban J connectivity index is 2.01. The molecule has 0 atom stereocenters. The predicted octanol–water partition coefficient (Wildman–Crippen LogP) is 4.39. The molecule has 134 valence electrons. The molecular weight excluding hydrogens is 368 g/mol. The Labute approximate surface area is 161 Å². The van der Waals surface area contributed by atoms with E-state index in [0.29, 0.717) is 11.3 Å². The average Bonchev–Trinajstić information content (AvgIpc) is 2.63. The molecule has 0 fully saturated rings. The van der Waals surface area contributed by atoms with Crippen molar-refractivity contribution in [1.29, 1.82) is 5.26 Å². The Kier molecular flexibility index (Phi) is 7.13. The second kappa shape index (κ2) is 9.32. The van der Waals surface area contributed by atoms with Gasteiger partial charge in [-0.3, -0.25) is 4.79 Å². The van der Waals surface area contributed by atoms with Gasteiger partial charge in [0.25, 0.3) is 5.91 Å². The first kappa shape index (κ1) is 19.9. The van der Waals surface area contributed by atoms with E-state index >= 15 is 0 Å². The van der Waals surface area contributed by atoms with Gasteiger partial charge in [-0.1, -0.05) is 12.1 Å². The summed E-state index contributed by atoms with van der Waals surface area (Å²) in [5.74, 6) is -0.939. The lowest BCUT2D eigenvalue weighted by Gasteiger charge is -2.13. The number of carbonyl (C=O) groups is 2. The van der Waals surface area contributed by atoms with E-state index in [9.17, 15) is 9.59 Å². The Morgan fingerprint density at radius 2 is 1.85 bits per heavy atom. The van der Waals surface area contributed by atoms with Gasteiger partial charge in [0.1, 0.15) is 5.40 Å². The number of ether oxygens (including phenoxy) is 1. The van der Waals surface area contributed by atoms with Crippen LogP contribution in [0.3, 0.4) is 0 Å². The Hall–Kier alpha value is -2.43. The number of aryl methyl sites for hydroxylation is 2. The molecule has 1 amide bonds. The molecule has 0 radical (unpaired) electrons. The number of hydrogen-bond donors (Lipinski definition) is 1. The number of carbonyl (C=O) groups excluding carboxylic acids is 2. The van der Waals surface area contributed by atoms with Crippen molar-refractivity contribution in [3.05, 3.63) is 53.1 Å². The van der Waals surface area contributed by atoms with Crippen LogP contribution < -0.4 is 5.32 Å². The molecule has 7 heteroatoms. The maximum Gasteiger partial charge on any atom is 0.339 e. The third-order valence-electron chi connectivity index (χ3n) is 3.60. The fourth-order valence-electron chi connectivity index (χ4n) is 2.43. The van der Waals surface area contributed by atoms with E-state index in [1.54, 1.807) is 12.1 Å². The molecule has 2 aromatic carbocycles. The number of nitrogens with zero attached hydrogens (tertiary/aromatic N) is 1. The van der Waals surface area contributed by atoms with Crippen LogP contribution in [-0.2, 0) is 9.53 Å². The van der Waals surface area contributed by atoms with E-state index in [1.165, 1.54) is 11.8 Å². The van der Waals surface area contributed by atoms with Crippen LogP contribution in [0.2, 0.25) is 0 Å². The standard InChI is InChI=1S/C19H18N2O3S2/c1-12-8-14(26-11-20)9-13(2)18(12)21-17(22)10-24-19(23)15-6-4-5-7-16(15)25-3/h4-9H,10H2,1-3H3,(H,21,22). The predicted molar refractivity (Wildman–Crippen MR) is 105 cm³/mol. The van der Waals surface area contributed by atoms with E-state index < -0.39 is 11.9 Å². The molecule has 0 aromatic heterocycles. The van der Waals surface area contributed by atoms with Crippen LogP contribution in [0, 0.1) is 24.5 Å².